The van der Waals surface area contributed by atoms with Crippen LogP contribution in [0, 0.1) is 0 Å². The first-order valence-electron chi connectivity index (χ1n) is 13.5. The van der Waals surface area contributed by atoms with Gasteiger partial charge in [-0.25, -0.2) is 8.78 Å². The molecule has 0 amide bonds. The zero-order valence-electron chi connectivity index (χ0n) is 21.4. The van der Waals surface area contributed by atoms with Gasteiger partial charge in [-0.15, -0.1) is 0 Å². The van der Waals surface area contributed by atoms with Crippen LogP contribution in [0.5, 0.6) is 6.01 Å². The quantitative estimate of drug-likeness (QED) is 0.496. The fourth-order valence-corrected chi connectivity index (χ4v) is 6.12. The molecule has 2 saturated heterocycles. The molecule has 0 spiro atoms. The monoisotopic (exact) mass is 542 g/mol. The van der Waals surface area contributed by atoms with Gasteiger partial charge >= 0.3 is 6.01 Å². The van der Waals surface area contributed by atoms with E-state index in [0.717, 1.165) is 77.7 Å². The summed E-state index contributed by atoms with van der Waals surface area (Å²) < 4.78 is 33.7. The van der Waals surface area contributed by atoms with E-state index in [0.29, 0.717) is 32.1 Å². The number of likely N-dealkylation sites (tertiary alicyclic amines) is 1. The summed E-state index contributed by atoms with van der Waals surface area (Å²) in [5, 5.41) is 6.30. The number of nitrogens with one attached hydrogen (secondary N) is 1. The Morgan fingerprint density at radius 3 is 2.63 bits per heavy atom. The maximum Gasteiger partial charge on any atom is 0.318 e. The fourth-order valence-electron chi connectivity index (χ4n) is 5.84. The van der Waals surface area contributed by atoms with E-state index in [1.54, 1.807) is 4.90 Å². The van der Waals surface area contributed by atoms with Gasteiger partial charge < -0.3 is 19.9 Å². The molecule has 1 aromatic heterocycles. The van der Waals surface area contributed by atoms with E-state index in [1.807, 2.05) is 12.1 Å². The number of piperazine rings is 1. The van der Waals surface area contributed by atoms with E-state index in [2.05, 4.69) is 39.4 Å². The number of benzene rings is 2. The van der Waals surface area contributed by atoms with Crippen LogP contribution in [0.4, 0.5) is 20.3 Å². The molecule has 0 unspecified atom stereocenters. The molecule has 38 heavy (non-hydrogen) atoms. The van der Waals surface area contributed by atoms with E-state index in [9.17, 15) is 8.78 Å². The minimum atomic E-state index is -2.62. The third-order valence-corrected chi connectivity index (χ3v) is 8.04. The van der Waals surface area contributed by atoms with Crippen LogP contribution < -0.4 is 19.9 Å². The highest BCUT2D eigenvalue weighted by Gasteiger charge is 2.35. The van der Waals surface area contributed by atoms with E-state index >= 15 is 0 Å². The van der Waals surface area contributed by atoms with Gasteiger partial charge in [-0.05, 0) is 36.9 Å². The number of nitrogens with zero attached hydrogens (tertiary/aromatic N) is 5. The summed E-state index contributed by atoms with van der Waals surface area (Å²) >= 11 is 6.64. The van der Waals surface area contributed by atoms with Gasteiger partial charge in [0.2, 0.25) is 0 Å². The summed E-state index contributed by atoms with van der Waals surface area (Å²) in [6.45, 7) is 6.16. The molecule has 3 aromatic rings. The third kappa shape index (κ3) is 5.37. The largest absolute Gasteiger partial charge is 0.462 e. The van der Waals surface area contributed by atoms with Gasteiger partial charge in [0.1, 0.15) is 12.4 Å². The number of aromatic nitrogens is 2. The molecule has 0 saturated carbocycles. The minimum Gasteiger partial charge on any atom is -0.462 e. The molecular weight excluding hydrogens is 510 g/mol. The normalized spacial score (nSPS) is 20.0. The molecule has 0 aliphatic carbocycles. The Balaban J connectivity index is 1.26. The van der Waals surface area contributed by atoms with E-state index in [1.165, 1.54) is 0 Å². The lowest BCUT2D eigenvalue weighted by Crippen LogP contribution is -2.45. The average Bonchev–Trinajstić information content (AvgIpc) is 2.92. The summed E-state index contributed by atoms with van der Waals surface area (Å²) in [6, 6.07) is 12.6. The predicted molar refractivity (Wildman–Crippen MR) is 147 cm³/mol. The zero-order valence-corrected chi connectivity index (χ0v) is 22.2. The van der Waals surface area contributed by atoms with E-state index in [4.69, 9.17) is 26.3 Å². The van der Waals surface area contributed by atoms with Crippen LogP contribution in [0.1, 0.15) is 24.1 Å². The Labute approximate surface area is 226 Å². The molecule has 1 N–H and O–H groups in total. The Hall–Kier alpha value is -2.75. The maximum atomic E-state index is 13.8. The topological polar surface area (TPSA) is 56.8 Å². The van der Waals surface area contributed by atoms with Crippen molar-refractivity contribution in [3.05, 3.63) is 52.7 Å². The molecule has 202 valence electrons. The lowest BCUT2D eigenvalue weighted by atomic mass is 10.0. The van der Waals surface area contributed by atoms with Crippen molar-refractivity contribution in [2.45, 2.75) is 31.7 Å². The lowest BCUT2D eigenvalue weighted by molar-refractivity contribution is -0.0657. The van der Waals surface area contributed by atoms with E-state index in [-0.39, 0.29) is 19.6 Å². The Bertz CT molecular complexity index is 1300. The van der Waals surface area contributed by atoms with Crippen molar-refractivity contribution in [2.24, 2.45) is 0 Å². The smallest absolute Gasteiger partial charge is 0.318 e. The summed E-state index contributed by atoms with van der Waals surface area (Å²) in [5.74, 6) is -1.68. The molecule has 4 heterocycles. The minimum absolute atomic E-state index is 0.0369. The van der Waals surface area contributed by atoms with Crippen LogP contribution >= 0.6 is 11.6 Å². The molecule has 2 fully saturated rings. The number of fused-ring (bicyclic) bond motifs is 2. The van der Waals surface area contributed by atoms with Crippen molar-refractivity contribution in [1.29, 1.82) is 0 Å². The second-order valence-electron chi connectivity index (χ2n) is 10.4. The number of ether oxygens (including phenoxy) is 1. The van der Waals surface area contributed by atoms with Crippen LogP contribution in [0.3, 0.4) is 0 Å². The number of anilines is 2. The summed E-state index contributed by atoms with van der Waals surface area (Å²) in [7, 11) is 0. The Kier molecular flexibility index (Phi) is 7.24. The molecule has 0 bridgehead atoms. The highest BCUT2D eigenvalue weighted by molar-refractivity contribution is 6.36. The molecular formula is C28H33ClF2N6O. The van der Waals surface area contributed by atoms with Gasteiger partial charge in [0.05, 0.1) is 23.8 Å². The van der Waals surface area contributed by atoms with Crippen molar-refractivity contribution in [3.8, 4) is 6.01 Å². The first-order valence-corrected chi connectivity index (χ1v) is 13.9. The standard InChI is InChI=1S/C28H33ClF2N6O/c29-22-6-1-4-20-5-2-7-24(25(20)22)37-13-8-21-23(18-37)33-27(34-26(21)36-14-10-32-11-15-36)38-17-16-35-12-3-9-28(30,31)19-35/h1-2,4-7,32H,3,8-19H2. The second-order valence-corrected chi connectivity index (χ2v) is 10.8. The summed E-state index contributed by atoms with van der Waals surface area (Å²) in [4.78, 5) is 16.1. The predicted octanol–water partition coefficient (Wildman–Crippen LogP) is 4.37. The summed E-state index contributed by atoms with van der Waals surface area (Å²) in [6.07, 6.45) is 1.28. The van der Waals surface area contributed by atoms with Crippen LogP contribution in [0.2, 0.25) is 5.02 Å². The number of hydrogen-bond acceptors (Lipinski definition) is 7. The average molecular weight is 543 g/mol. The molecule has 0 radical (unpaired) electrons. The van der Waals surface area contributed by atoms with Crippen molar-refractivity contribution < 1.29 is 13.5 Å². The molecule has 0 atom stereocenters. The van der Waals surface area contributed by atoms with Gasteiger partial charge in [0.25, 0.3) is 5.92 Å². The van der Waals surface area contributed by atoms with Gasteiger partial charge in [-0.2, -0.15) is 9.97 Å². The van der Waals surface area contributed by atoms with Crippen LogP contribution in [-0.4, -0.2) is 79.8 Å². The number of hydrogen-bond donors (Lipinski definition) is 1. The van der Waals surface area contributed by atoms with Gasteiger partial charge in [-0.1, -0.05) is 35.9 Å². The highest BCUT2D eigenvalue weighted by Crippen LogP contribution is 2.37. The van der Waals surface area contributed by atoms with Crippen LogP contribution in [0.15, 0.2) is 36.4 Å². The maximum absolute atomic E-state index is 13.8. The van der Waals surface area contributed by atoms with Crippen LogP contribution in [-0.2, 0) is 13.0 Å². The second kappa shape index (κ2) is 10.8. The molecule has 6 rings (SSSR count). The van der Waals surface area contributed by atoms with Crippen molar-refractivity contribution in [3.63, 3.8) is 0 Å². The third-order valence-electron chi connectivity index (χ3n) is 7.72. The molecule has 7 nitrogen and oxygen atoms in total. The van der Waals surface area contributed by atoms with Gasteiger partial charge in [-0.3, -0.25) is 4.90 Å². The van der Waals surface area contributed by atoms with Gasteiger partial charge in [0.15, 0.2) is 0 Å². The lowest BCUT2D eigenvalue weighted by Gasteiger charge is -2.35. The van der Waals surface area contributed by atoms with E-state index < -0.39 is 5.92 Å². The summed E-state index contributed by atoms with van der Waals surface area (Å²) in [5.41, 5.74) is 3.20. The number of alkyl halides is 2. The number of rotatable bonds is 6. The Morgan fingerprint density at radius 1 is 1.00 bits per heavy atom. The molecule has 3 aliphatic rings. The Morgan fingerprint density at radius 2 is 1.82 bits per heavy atom. The SMILES string of the molecule is FC1(F)CCCN(CCOc2nc3c(c(N4CCNCC4)n2)CCN(c2cccc4cccc(Cl)c24)C3)C1. The van der Waals surface area contributed by atoms with Gasteiger partial charge in [0, 0.05) is 62.3 Å². The number of halogens is 3. The zero-order chi connectivity index (χ0) is 26.1. The van der Waals surface area contributed by atoms with Crippen molar-refractivity contribution in [2.75, 3.05) is 68.8 Å². The first kappa shape index (κ1) is 25.5. The molecule has 3 aliphatic heterocycles. The highest BCUT2D eigenvalue weighted by atomic mass is 35.5. The number of piperidine rings is 1. The van der Waals surface area contributed by atoms with Crippen molar-refractivity contribution >= 4 is 33.9 Å². The van der Waals surface area contributed by atoms with Crippen LogP contribution in [0.25, 0.3) is 10.8 Å². The molecule has 2 aromatic carbocycles. The fraction of sp³-hybridized carbons (Fsp3) is 0.500. The first-order chi connectivity index (χ1) is 18.5. The van der Waals surface area contributed by atoms with Crippen molar-refractivity contribution in [1.82, 2.24) is 20.2 Å². The molecule has 10 heteroatoms.